The van der Waals surface area contributed by atoms with E-state index in [1.165, 1.54) is 18.2 Å². The Morgan fingerprint density at radius 1 is 1.58 bits per heavy atom. The summed E-state index contributed by atoms with van der Waals surface area (Å²) in [5, 5.41) is 11.0. The van der Waals surface area contributed by atoms with Gasteiger partial charge in [0.2, 0.25) is 0 Å². The first-order valence-electron chi connectivity index (χ1n) is 6.09. The van der Waals surface area contributed by atoms with Crippen molar-refractivity contribution >= 4 is 23.2 Å². The first kappa shape index (κ1) is 14.0. The van der Waals surface area contributed by atoms with Gasteiger partial charge in [-0.15, -0.1) is 11.8 Å². The van der Waals surface area contributed by atoms with Gasteiger partial charge in [-0.1, -0.05) is 12.1 Å². The lowest BCUT2D eigenvalue weighted by Crippen LogP contribution is -2.16. The number of benzene rings is 1. The molecule has 0 aromatic heterocycles. The van der Waals surface area contributed by atoms with Gasteiger partial charge in [0, 0.05) is 29.6 Å². The first-order chi connectivity index (χ1) is 9.08. The summed E-state index contributed by atoms with van der Waals surface area (Å²) in [6.45, 7) is 2.74. The highest BCUT2D eigenvalue weighted by atomic mass is 32.2. The van der Waals surface area contributed by atoms with Crippen molar-refractivity contribution in [3.8, 4) is 0 Å². The van der Waals surface area contributed by atoms with Crippen molar-refractivity contribution in [3.05, 3.63) is 39.9 Å². The van der Waals surface area contributed by atoms with E-state index >= 15 is 0 Å². The van der Waals surface area contributed by atoms with Gasteiger partial charge >= 0.3 is 0 Å². The summed E-state index contributed by atoms with van der Waals surface area (Å²) in [7, 11) is 0. The molecule has 1 heterocycles. The summed E-state index contributed by atoms with van der Waals surface area (Å²) >= 11 is 1.56. The summed E-state index contributed by atoms with van der Waals surface area (Å²) < 4.78 is 5.43. The standard InChI is InChI=1S/C13H15NO4S/c1-9-13(5-6-18-9)19-8-12(15)10-3-2-4-11(7-10)14(16)17/h2-4,7,9,13H,5-6,8H2,1H3. The number of ketones is 1. The molecule has 0 radical (unpaired) electrons. The Hall–Kier alpha value is -1.40. The highest BCUT2D eigenvalue weighted by Crippen LogP contribution is 2.27. The number of Topliss-reactive ketones (excluding diaryl/α,β-unsaturated/α-hetero) is 1. The van der Waals surface area contributed by atoms with Crippen LogP contribution in [0.25, 0.3) is 0 Å². The van der Waals surface area contributed by atoms with Gasteiger partial charge in [-0.2, -0.15) is 0 Å². The molecule has 6 heteroatoms. The number of hydrogen-bond donors (Lipinski definition) is 0. The van der Waals surface area contributed by atoms with E-state index < -0.39 is 4.92 Å². The summed E-state index contributed by atoms with van der Waals surface area (Å²) in [6.07, 6.45) is 1.12. The van der Waals surface area contributed by atoms with Crippen LogP contribution in [0.5, 0.6) is 0 Å². The predicted molar refractivity (Wildman–Crippen MR) is 73.7 cm³/mol. The van der Waals surface area contributed by atoms with Gasteiger partial charge < -0.3 is 4.74 Å². The Balaban J connectivity index is 1.96. The van der Waals surface area contributed by atoms with Crippen LogP contribution in [0, 0.1) is 10.1 Å². The molecule has 1 aromatic carbocycles. The molecule has 2 rings (SSSR count). The summed E-state index contributed by atoms with van der Waals surface area (Å²) in [5.41, 5.74) is 0.349. The molecule has 0 bridgehead atoms. The number of rotatable bonds is 5. The third-order valence-corrected chi connectivity index (χ3v) is 4.59. The summed E-state index contributed by atoms with van der Waals surface area (Å²) in [6, 6.07) is 5.87. The van der Waals surface area contributed by atoms with E-state index in [4.69, 9.17) is 4.74 Å². The van der Waals surface area contributed by atoms with Crippen molar-refractivity contribution in [1.82, 2.24) is 0 Å². The van der Waals surface area contributed by atoms with Gasteiger partial charge in [0.1, 0.15) is 0 Å². The quantitative estimate of drug-likeness (QED) is 0.471. The van der Waals surface area contributed by atoms with E-state index in [2.05, 4.69) is 0 Å². The molecule has 0 N–H and O–H groups in total. The van der Waals surface area contributed by atoms with Crippen molar-refractivity contribution in [2.24, 2.45) is 0 Å². The number of nitrogens with zero attached hydrogens (tertiary/aromatic N) is 1. The van der Waals surface area contributed by atoms with Crippen molar-refractivity contribution in [2.75, 3.05) is 12.4 Å². The first-order valence-corrected chi connectivity index (χ1v) is 7.13. The van der Waals surface area contributed by atoms with Crippen LogP contribution in [-0.2, 0) is 4.74 Å². The van der Waals surface area contributed by atoms with Crippen molar-refractivity contribution in [3.63, 3.8) is 0 Å². The molecule has 0 aliphatic carbocycles. The number of thioether (sulfide) groups is 1. The number of ether oxygens (including phenoxy) is 1. The van der Waals surface area contributed by atoms with E-state index in [-0.39, 0.29) is 17.6 Å². The maximum Gasteiger partial charge on any atom is 0.270 e. The lowest BCUT2D eigenvalue weighted by molar-refractivity contribution is -0.384. The Morgan fingerprint density at radius 3 is 3.00 bits per heavy atom. The highest BCUT2D eigenvalue weighted by Gasteiger charge is 2.25. The normalized spacial score (nSPS) is 22.4. The van der Waals surface area contributed by atoms with E-state index in [0.717, 1.165) is 13.0 Å². The Kier molecular flexibility index (Phi) is 4.55. The summed E-state index contributed by atoms with van der Waals surface area (Å²) in [4.78, 5) is 22.2. The summed E-state index contributed by atoms with van der Waals surface area (Å²) in [5.74, 6) is 0.257. The fraction of sp³-hybridized carbons (Fsp3) is 0.462. The van der Waals surface area contributed by atoms with Crippen LogP contribution < -0.4 is 0 Å². The van der Waals surface area contributed by atoms with Crippen molar-refractivity contribution in [2.45, 2.75) is 24.7 Å². The minimum Gasteiger partial charge on any atom is -0.377 e. The van der Waals surface area contributed by atoms with Crippen molar-refractivity contribution in [1.29, 1.82) is 0 Å². The zero-order valence-electron chi connectivity index (χ0n) is 10.6. The Morgan fingerprint density at radius 2 is 2.37 bits per heavy atom. The average molecular weight is 281 g/mol. The van der Waals surface area contributed by atoms with Crippen LogP contribution in [0.1, 0.15) is 23.7 Å². The zero-order valence-corrected chi connectivity index (χ0v) is 11.4. The van der Waals surface area contributed by atoms with Gasteiger partial charge in [-0.05, 0) is 13.3 Å². The van der Waals surface area contributed by atoms with Crippen LogP contribution in [0.4, 0.5) is 5.69 Å². The second-order valence-corrected chi connectivity index (χ2v) is 5.67. The van der Waals surface area contributed by atoms with Gasteiger partial charge in [0.05, 0.1) is 16.8 Å². The second kappa shape index (κ2) is 6.16. The third-order valence-electron chi connectivity index (χ3n) is 3.11. The fourth-order valence-electron chi connectivity index (χ4n) is 1.99. The lowest BCUT2D eigenvalue weighted by Gasteiger charge is -2.12. The van der Waals surface area contributed by atoms with E-state index in [9.17, 15) is 14.9 Å². The topological polar surface area (TPSA) is 69.4 Å². The maximum atomic E-state index is 12.0. The second-order valence-electron chi connectivity index (χ2n) is 4.44. The molecule has 1 aliphatic rings. The Labute approximate surface area is 115 Å². The molecule has 0 spiro atoms. The van der Waals surface area contributed by atoms with Crippen LogP contribution in [0.3, 0.4) is 0 Å². The molecule has 19 heavy (non-hydrogen) atoms. The third kappa shape index (κ3) is 3.54. The number of nitro benzene ring substituents is 1. The van der Waals surface area contributed by atoms with Gasteiger partial charge in [-0.3, -0.25) is 14.9 Å². The molecule has 0 amide bonds. The molecule has 1 saturated heterocycles. The monoisotopic (exact) mass is 281 g/mol. The van der Waals surface area contributed by atoms with Gasteiger partial charge in [0.15, 0.2) is 5.78 Å². The number of nitro groups is 1. The van der Waals surface area contributed by atoms with Gasteiger partial charge in [0.25, 0.3) is 5.69 Å². The predicted octanol–water partition coefficient (Wildman–Crippen LogP) is 2.69. The lowest BCUT2D eigenvalue weighted by atomic mass is 10.1. The molecular weight excluding hydrogens is 266 g/mol. The number of hydrogen-bond acceptors (Lipinski definition) is 5. The zero-order chi connectivity index (χ0) is 13.8. The van der Waals surface area contributed by atoms with Crippen LogP contribution >= 0.6 is 11.8 Å². The van der Waals surface area contributed by atoms with Crippen LogP contribution in [0.2, 0.25) is 0 Å². The molecule has 1 fully saturated rings. The molecule has 102 valence electrons. The van der Waals surface area contributed by atoms with E-state index in [0.29, 0.717) is 16.6 Å². The molecular formula is C13H15NO4S. The van der Waals surface area contributed by atoms with Gasteiger partial charge in [-0.25, -0.2) is 0 Å². The Bertz CT molecular complexity index is 491. The molecule has 5 nitrogen and oxygen atoms in total. The SMILES string of the molecule is CC1OCCC1SCC(=O)c1cccc([N+](=O)[O-])c1. The molecule has 1 aliphatic heterocycles. The fourth-order valence-corrected chi connectivity index (χ4v) is 3.13. The van der Waals surface area contributed by atoms with Crippen molar-refractivity contribution < 1.29 is 14.5 Å². The van der Waals surface area contributed by atoms with E-state index in [1.54, 1.807) is 17.8 Å². The molecule has 2 atom stereocenters. The minimum atomic E-state index is -0.489. The molecule has 0 saturated carbocycles. The van der Waals surface area contributed by atoms with E-state index in [1.807, 2.05) is 6.92 Å². The number of carbonyl (C=O) groups is 1. The largest absolute Gasteiger partial charge is 0.377 e. The smallest absolute Gasteiger partial charge is 0.270 e. The number of non-ortho nitro benzene ring substituents is 1. The average Bonchev–Trinajstić information content (AvgIpc) is 2.81. The highest BCUT2D eigenvalue weighted by molar-refractivity contribution is 8.00. The van der Waals surface area contributed by atoms with Crippen LogP contribution in [0.15, 0.2) is 24.3 Å². The molecule has 1 aromatic rings. The molecule has 2 unspecified atom stereocenters. The van der Waals surface area contributed by atoms with Crippen LogP contribution in [-0.4, -0.2) is 34.4 Å². The number of carbonyl (C=O) groups excluding carboxylic acids is 1. The maximum absolute atomic E-state index is 12.0. The minimum absolute atomic E-state index is 0.0478.